The molecule has 0 aromatic carbocycles. The van der Waals surface area contributed by atoms with E-state index in [2.05, 4.69) is 31.9 Å². The van der Waals surface area contributed by atoms with Crippen LogP contribution in [0.5, 0.6) is 0 Å². The summed E-state index contributed by atoms with van der Waals surface area (Å²) in [5, 5.41) is 0. The van der Waals surface area contributed by atoms with Crippen molar-refractivity contribution in [2.75, 3.05) is 42.7 Å². The maximum atomic E-state index is 13.3. The molecule has 0 radical (unpaired) electrons. The molecule has 0 aliphatic heterocycles. The standard InChI is InChI=1S/C21H28Br2O10/c1-28-11(24)7-9-19-13(17(26)30-3)14(18(27)31-4)20(16(23)15(19)22,10-8-12(25)29-2)21(19,32-5)33-6/h13-14H,7-10H2,1-6H3/t13-,14+,19-,20+. The van der Waals surface area contributed by atoms with Crippen LogP contribution in [0.1, 0.15) is 25.7 Å². The summed E-state index contributed by atoms with van der Waals surface area (Å²) in [6.45, 7) is 0. The molecule has 0 aromatic heterocycles. The Morgan fingerprint density at radius 1 is 0.667 bits per heavy atom. The lowest BCUT2D eigenvalue weighted by Gasteiger charge is -2.47. The van der Waals surface area contributed by atoms with Crippen molar-refractivity contribution < 1.29 is 47.6 Å². The molecule has 0 unspecified atom stereocenters. The number of carbonyl (C=O) groups is 4. The van der Waals surface area contributed by atoms with Crippen LogP contribution < -0.4 is 0 Å². The monoisotopic (exact) mass is 598 g/mol. The smallest absolute Gasteiger partial charge is 0.310 e. The zero-order valence-electron chi connectivity index (χ0n) is 19.3. The number of ether oxygens (including phenoxy) is 6. The lowest BCUT2D eigenvalue weighted by molar-refractivity contribution is -0.293. The quantitative estimate of drug-likeness (QED) is 0.210. The molecule has 0 spiro atoms. The minimum absolute atomic E-state index is 0.00424. The maximum Gasteiger partial charge on any atom is 0.310 e. The van der Waals surface area contributed by atoms with Crippen molar-refractivity contribution in [1.29, 1.82) is 0 Å². The highest BCUT2D eigenvalue weighted by molar-refractivity contribution is 9.14. The lowest BCUT2D eigenvalue weighted by Crippen LogP contribution is -2.56. The summed E-state index contributed by atoms with van der Waals surface area (Å²) >= 11 is 7.18. The summed E-state index contributed by atoms with van der Waals surface area (Å²) in [4.78, 5) is 50.8. The third-order valence-electron chi connectivity index (χ3n) is 6.93. The van der Waals surface area contributed by atoms with Gasteiger partial charge in [0.15, 0.2) is 5.79 Å². The van der Waals surface area contributed by atoms with Gasteiger partial charge in [0.2, 0.25) is 0 Å². The molecule has 2 bridgehead atoms. The largest absolute Gasteiger partial charge is 0.469 e. The van der Waals surface area contributed by atoms with Crippen molar-refractivity contribution in [3.63, 3.8) is 0 Å². The molecular formula is C21H28Br2O10. The van der Waals surface area contributed by atoms with Crippen molar-refractivity contribution in [3.8, 4) is 0 Å². The molecule has 33 heavy (non-hydrogen) atoms. The van der Waals surface area contributed by atoms with E-state index in [-0.39, 0.29) is 25.7 Å². The number of halogens is 2. The molecule has 4 atom stereocenters. The molecule has 12 heteroatoms. The van der Waals surface area contributed by atoms with Gasteiger partial charge in [0, 0.05) is 36.0 Å². The summed E-state index contributed by atoms with van der Waals surface area (Å²) in [5.74, 6) is -6.51. The Hall–Kier alpha value is -1.50. The van der Waals surface area contributed by atoms with Gasteiger partial charge in [-0.3, -0.25) is 19.2 Å². The highest BCUT2D eigenvalue weighted by Gasteiger charge is 2.86. The van der Waals surface area contributed by atoms with Crippen LogP contribution in [0.3, 0.4) is 0 Å². The molecule has 0 heterocycles. The number of rotatable bonds is 10. The number of methoxy groups -OCH3 is 6. The molecule has 2 aliphatic rings. The molecule has 1 saturated carbocycles. The van der Waals surface area contributed by atoms with Crippen LogP contribution in [0, 0.1) is 22.7 Å². The molecule has 0 aromatic rings. The summed E-state index contributed by atoms with van der Waals surface area (Å²) in [5.41, 5.74) is -2.79. The molecule has 0 saturated heterocycles. The van der Waals surface area contributed by atoms with E-state index in [0.29, 0.717) is 8.96 Å². The first-order chi connectivity index (χ1) is 15.6. The van der Waals surface area contributed by atoms with Crippen molar-refractivity contribution in [2.45, 2.75) is 31.5 Å². The van der Waals surface area contributed by atoms with Crippen molar-refractivity contribution in [2.24, 2.45) is 22.7 Å². The third kappa shape index (κ3) is 3.64. The summed E-state index contributed by atoms with van der Waals surface area (Å²) < 4.78 is 32.8. The van der Waals surface area contributed by atoms with Crippen LogP contribution in [0.15, 0.2) is 8.96 Å². The van der Waals surface area contributed by atoms with Crippen LogP contribution in [0.4, 0.5) is 0 Å². The lowest BCUT2D eigenvalue weighted by atomic mass is 9.67. The third-order valence-corrected chi connectivity index (χ3v) is 9.67. The fourth-order valence-electron chi connectivity index (χ4n) is 5.73. The van der Waals surface area contributed by atoms with E-state index < -0.39 is 52.3 Å². The van der Waals surface area contributed by atoms with Gasteiger partial charge in [0.1, 0.15) is 0 Å². The van der Waals surface area contributed by atoms with E-state index in [9.17, 15) is 19.2 Å². The van der Waals surface area contributed by atoms with Crippen LogP contribution >= 0.6 is 31.9 Å². The van der Waals surface area contributed by atoms with Gasteiger partial charge in [-0.15, -0.1) is 0 Å². The number of fused-ring (bicyclic) bond motifs is 2. The van der Waals surface area contributed by atoms with Gasteiger partial charge in [0.05, 0.1) is 51.1 Å². The van der Waals surface area contributed by atoms with Crippen LogP contribution in [0.25, 0.3) is 0 Å². The first kappa shape index (κ1) is 27.7. The van der Waals surface area contributed by atoms with Gasteiger partial charge in [-0.1, -0.05) is 31.9 Å². The topological polar surface area (TPSA) is 124 Å². The normalized spacial score (nSPS) is 29.6. The first-order valence-corrected chi connectivity index (χ1v) is 11.6. The van der Waals surface area contributed by atoms with Crippen LogP contribution in [0.2, 0.25) is 0 Å². The highest BCUT2D eigenvalue weighted by Crippen LogP contribution is 2.80. The van der Waals surface area contributed by atoms with Crippen molar-refractivity contribution >= 4 is 55.7 Å². The second-order valence-electron chi connectivity index (χ2n) is 7.75. The fourth-order valence-corrected chi connectivity index (χ4v) is 7.85. The zero-order valence-corrected chi connectivity index (χ0v) is 22.5. The Morgan fingerprint density at radius 2 is 1.00 bits per heavy atom. The maximum absolute atomic E-state index is 13.3. The van der Waals surface area contributed by atoms with E-state index >= 15 is 0 Å². The molecule has 1 fully saturated rings. The Kier molecular flexibility index (Phi) is 8.75. The molecule has 10 nitrogen and oxygen atoms in total. The van der Waals surface area contributed by atoms with Crippen LogP contribution in [-0.2, 0) is 47.6 Å². The summed E-state index contributed by atoms with van der Waals surface area (Å²) in [7, 11) is 7.66. The van der Waals surface area contributed by atoms with Gasteiger partial charge in [-0.05, 0) is 12.8 Å². The predicted molar refractivity (Wildman–Crippen MR) is 120 cm³/mol. The zero-order chi connectivity index (χ0) is 25.2. The Morgan fingerprint density at radius 3 is 1.24 bits per heavy atom. The number of hydrogen-bond acceptors (Lipinski definition) is 10. The van der Waals surface area contributed by atoms with Crippen molar-refractivity contribution in [3.05, 3.63) is 8.96 Å². The van der Waals surface area contributed by atoms with E-state index in [1.165, 1.54) is 42.7 Å². The van der Waals surface area contributed by atoms with E-state index in [1.807, 2.05) is 0 Å². The molecular weight excluding hydrogens is 572 g/mol. The average Bonchev–Trinajstić information content (AvgIpc) is 3.15. The molecule has 0 N–H and O–H groups in total. The SMILES string of the molecule is COC(=O)CC[C@]12C(Br)=C(Br)[C@](CCC(=O)OC)([C@H](C(=O)OC)[C@@H]1C(=O)OC)C2(OC)OC. The van der Waals surface area contributed by atoms with E-state index in [4.69, 9.17) is 28.4 Å². The van der Waals surface area contributed by atoms with E-state index in [0.717, 1.165) is 0 Å². The molecule has 186 valence electrons. The Labute approximate surface area is 208 Å². The molecule has 0 amide bonds. The number of esters is 4. The van der Waals surface area contributed by atoms with Gasteiger partial charge in [0.25, 0.3) is 0 Å². The predicted octanol–water partition coefficient (Wildman–Crippen LogP) is 2.46. The Bertz CT molecular complexity index is 788. The second kappa shape index (κ2) is 10.4. The molecule has 2 rings (SSSR count). The van der Waals surface area contributed by atoms with Crippen molar-refractivity contribution in [1.82, 2.24) is 0 Å². The minimum atomic E-state index is -1.67. The Balaban J connectivity index is 2.94. The summed E-state index contributed by atoms with van der Waals surface area (Å²) in [6, 6.07) is 0. The fraction of sp³-hybridized carbons (Fsp3) is 0.714. The summed E-state index contributed by atoms with van der Waals surface area (Å²) in [6.07, 6.45) is -0.224. The van der Waals surface area contributed by atoms with Gasteiger partial charge < -0.3 is 28.4 Å². The van der Waals surface area contributed by atoms with Gasteiger partial charge >= 0.3 is 23.9 Å². The molecule has 2 aliphatic carbocycles. The van der Waals surface area contributed by atoms with Gasteiger partial charge in [-0.25, -0.2) is 0 Å². The minimum Gasteiger partial charge on any atom is -0.469 e. The second-order valence-corrected chi connectivity index (χ2v) is 9.34. The van der Waals surface area contributed by atoms with E-state index in [1.54, 1.807) is 0 Å². The first-order valence-electron chi connectivity index (χ1n) is 10.0. The highest BCUT2D eigenvalue weighted by atomic mass is 79.9. The average molecular weight is 600 g/mol. The van der Waals surface area contributed by atoms with Crippen LogP contribution in [-0.4, -0.2) is 72.3 Å². The van der Waals surface area contributed by atoms with Gasteiger partial charge in [-0.2, -0.15) is 0 Å². The number of hydrogen-bond donors (Lipinski definition) is 0. The number of carbonyl (C=O) groups excluding carboxylic acids is 4.